The number of hydrogen-bond acceptors (Lipinski definition) is 5. The lowest BCUT2D eigenvalue weighted by atomic mass is 10.0. The molecule has 33 heavy (non-hydrogen) atoms. The number of alkyl halides is 2. The van der Waals surface area contributed by atoms with Crippen LogP contribution in [0.1, 0.15) is 32.1 Å². The Kier molecular flexibility index (Phi) is 8.41. The van der Waals surface area contributed by atoms with Crippen LogP contribution in [0.4, 0.5) is 13.6 Å². The normalized spacial score (nSPS) is 19.2. The number of methoxy groups -OCH3 is 1. The van der Waals surface area contributed by atoms with Gasteiger partial charge in [0.15, 0.2) is 0 Å². The zero-order valence-electron chi connectivity index (χ0n) is 18.6. The third kappa shape index (κ3) is 6.29. The summed E-state index contributed by atoms with van der Waals surface area (Å²) in [4.78, 5) is 34.5. The zero-order chi connectivity index (χ0) is 24.1. The molecule has 2 N–H and O–H groups in total. The summed E-state index contributed by atoms with van der Waals surface area (Å²) in [6.45, 7) is 0.746. The lowest BCUT2D eigenvalue weighted by molar-refractivity contribution is -0.139. The number of hydrogen-bond donors (Lipinski definition) is 2. The van der Waals surface area contributed by atoms with Gasteiger partial charge < -0.3 is 24.7 Å². The first-order chi connectivity index (χ1) is 15.7. The third-order valence-corrected chi connectivity index (χ3v) is 6.12. The van der Waals surface area contributed by atoms with E-state index in [0.717, 1.165) is 15.7 Å². The number of H-pyrrole nitrogens is 1. The van der Waals surface area contributed by atoms with Crippen LogP contribution in [0.3, 0.4) is 0 Å². The van der Waals surface area contributed by atoms with Crippen LogP contribution in [0.2, 0.25) is 0 Å². The number of ether oxygens (including phenoxy) is 2. The molecule has 3 atom stereocenters. The average molecular weight is 529 g/mol. The van der Waals surface area contributed by atoms with Crippen LogP contribution in [0.25, 0.3) is 11.3 Å². The zero-order valence-corrected chi connectivity index (χ0v) is 20.1. The molecular formula is C22H27BrF2N4O4. The number of carbonyl (C=O) groups excluding carboxylic acids is 2. The Morgan fingerprint density at radius 2 is 2.00 bits per heavy atom. The van der Waals surface area contributed by atoms with Gasteiger partial charge in [-0.25, -0.2) is 9.78 Å². The van der Waals surface area contributed by atoms with Crippen molar-refractivity contribution in [1.29, 1.82) is 0 Å². The fourth-order valence-corrected chi connectivity index (χ4v) is 4.18. The number of nitrogens with one attached hydrogen (secondary N) is 2. The number of aromatic nitrogens is 2. The van der Waals surface area contributed by atoms with Crippen LogP contribution in [0, 0.1) is 11.8 Å². The van der Waals surface area contributed by atoms with Crippen molar-refractivity contribution in [1.82, 2.24) is 20.2 Å². The van der Waals surface area contributed by atoms with E-state index in [2.05, 4.69) is 40.7 Å². The number of rotatable bonds is 8. The summed E-state index contributed by atoms with van der Waals surface area (Å²) >= 11 is 3.41. The van der Waals surface area contributed by atoms with Gasteiger partial charge in [-0.3, -0.25) is 4.79 Å². The van der Waals surface area contributed by atoms with Crippen molar-refractivity contribution in [3.8, 4) is 11.3 Å². The number of carbonyl (C=O) groups is 2. The monoisotopic (exact) mass is 528 g/mol. The van der Waals surface area contributed by atoms with E-state index < -0.39 is 24.8 Å². The van der Waals surface area contributed by atoms with E-state index in [4.69, 9.17) is 0 Å². The Labute approximate surface area is 199 Å². The van der Waals surface area contributed by atoms with Gasteiger partial charge in [-0.15, -0.1) is 0 Å². The molecule has 1 unspecified atom stereocenters. The fraction of sp³-hybridized carbons (Fsp3) is 0.500. The second-order valence-corrected chi connectivity index (χ2v) is 9.16. The van der Waals surface area contributed by atoms with E-state index >= 15 is 0 Å². The number of halogens is 3. The molecule has 0 aliphatic carbocycles. The Hall–Kier alpha value is -2.53. The Morgan fingerprint density at radius 3 is 2.61 bits per heavy atom. The molecule has 1 saturated heterocycles. The van der Waals surface area contributed by atoms with Crippen molar-refractivity contribution in [3.05, 3.63) is 40.8 Å². The van der Waals surface area contributed by atoms with Crippen LogP contribution in [-0.4, -0.2) is 59.8 Å². The van der Waals surface area contributed by atoms with E-state index in [9.17, 15) is 18.4 Å². The lowest BCUT2D eigenvalue weighted by Crippen LogP contribution is -2.51. The standard InChI is InChI=1S/C22H27BrF2N4O4/c1-12(2)18(28-22(31)32-3)20(30)29-10-13(11-33-21(24)25)8-17(29)19-26-9-16(27-19)14-4-6-15(23)7-5-14/h4-7,9,12-13,17-18,21H,8,10-11H2,1-3H3,(H,26,27)(H,28,31)/t13?,17-,18-/m0/s1. The van der Waals surface area contributed by atoms with Gasteiger partial charge in [-0.2, -0.15) is 8.78 Å². The number of aromatic amines is 1. The molecule has 0 radical (unpaired) electrons. The third-order valence-electron chi connectivity index (χ3n) is 5.59. The highest BCUT2D eigenvalue weighted by molar-refractivity contribution is 9.10. The van der Waals surface area contributed by atoms with E-state index in [-0.39, 0.29) is 30.9 Å². The molecule has 1 aliphatic heterocycles. The van der Waals surface area contributed by atoms with Crippen LogP contribution < -0.4 is 5.32 Å². The van der Waals surface area contributed by atoms with Gasteiger partial charge >= 0.3 is 12.7 Å². The highest BCUT2D eigenvalue weighted by atomic mass is 79.9. The molecule has 1 aliphatic rings. The summed E-state index contributed by atoms with van der Waals surface area (Å²) in [5.41, 5.74) is 1.68. The predicted molar refractivity (Wildman–Crippen MR) is 120 cm³/mol. The number of imidazole rings is 1. The summed E-state index contributed by atoms with van der Waals surface area (Å²) < 4.78 is 35.3. The van der Waals surface area contributed by atoms with Gasteiger partial charge in [-0.1, -0.05) is 41.9 Å². The second kappa shape index (κ2) is 11.1. The van der Waals surface area contributed by atoms with E-state index in [1.165, 1.54) is 7.11 Å². The molecule has 2 aromatic rings. The Balaban J connectivity index is 1.86. The molecule has 8 nitrogen and oxygen atoms in total. The lowest BCUT2D eigenvalue weighted by Gasteiger charge is -2.30. The number of amides is 2. The molecule has 1 aromatic heterocycles. The molecule has 0 saturated carbocycles. The minimum Gasteiger partial charge on any atom is -0.453 e. The van der Waals surface area contributed by atoms with Crippen molar-refractivity contribution >= 4 is 27.9 Å². The largest absolute Gasteiger partial charge is 0.453 e. The average Bonchev–Trinajstić information content (AvgIpc) is 3.43. The van der Waals surface area contributed by atoms with E-state index in [1.807, 2.05) is 24.3 Å². The summed E-state index contributed by atoms with van der Waals surface area (Å²) in [5.74, 6) is -0.313. The quantitative estimate of drug-likeness (QED) is 0.530. The van der Waals surface area contributed by atoms with Crippen LogP contribution in [-0.2, 0) is 14.3 Å². The summed E-state index contributed by atoms with van der Waals surface area (Å²) in [7, 11) is 1.22. The predicted octanol–water partition coefficient (Wildman–Crippen LogP) is 4.35. The Bertz CT molecular complexity index is 954. The maximum Gasteiger partial charge on any atom is 0.407 e. The number of likely N-dealkylation sites (tertiary alicyclic amines) is 1. The SMILES string of the molecule is COC(=O)N[C@H](C(=O)N1CC(COC(F)F)C[C@H]1c1ncc(-c2ccc(Br)cc2)[nH]1)C(C)C. The smallest absolute Gasteiger partial charge is 0.407 e. The van der Waals surface area contributed by atoms with Crippen LogP contribution in [0.5, 0.6) is 0 Å². The fourth-order valence-electron chi connectivity index (χ4n) is 3.92. The molecule has 11 heteroatoms. The first-order valence-electron chi connectivity index (χ1n) is 10.5. The second-order valence-electron chi connectivity index (χ2n) is 8.25. The molecule has 1 fully saturated rings. The minimum atomic E-state index is -2.88. The van der Waals surface area contributed by atoms with Crippen LogP contribution in [0.15, 0.2) is 34.9 Å². The number of nitrogens with zero attached hydrogens (tertiary/aromatic N) is 2. The van der Waals surface area contributed by atoms with Crippen LogP contribution >= 0.6 is 15.9 Å². The molecule has 2 amide bonds. The van der Waals surface area contributed by atoms with Gasteiger partial charge in [0.1, 0.15) is 11.9 Å². The first-order valence-corrected chi connectivity index (χ1v) is 11.3. The maximum atomic E-state index is 13.4. The highest BCUT2D eigenvalue weighted by Crippen LogP contribution is 2.36. The topological polar surface area (TPSA) is 96.6 Å². The summed E-state index contributed by atoms with van der Waals surface area (Å²) in [6.07, 6.45) is 1.36. The minimum absolute atomic E-state index is 0.186. The van der Waals surface area contributed by atoms with Crippen molar-refractivity contribution in [2.24, 2.45) is 11.8 Å². The molecule has 1 aromatic carbocycles. The van der Waals surface area contributed by atoms with Gasteiger partial charge in [-0.05, 0) is 30.0 Å². The molecule has 3 rings (SSSR count). The van der Waals surface area contributed by atoms with E-state index in [0.29, 0.717) is 12.2 Å². The maximum absolute atomic E-state index is 13.4. The van der Waals surface area contributed by atoms with Gasteiger partial charge in [0.2, 0.25) is 5.91 Å². The number of alkyl carbamates (subject to hydrolysis) is 1. The molecule has 2 heterocycles. The van der Waals surface area contributed by atoms with Gasteiger partial charge in [0.05, 0.1) is 31.6 Å². The molecule has 0 spiro atoms. The molecule has 180 valence electrons. The van der Waals surface area contributed by atoms with Crippen molar-refractivity contribution in [2.75, 3.05) is 20.3 Å². The van der Waals surface area contributed by atoms with Crippen molar-refractivity contribution < 1.29 is 27.8 Å². The molecule has 0 bridgehead atoms. The number of benzene rings is 1. The van der Waals surface area contributed by atoms with Crippen molar-refractivity contribution in [3.63, 3.8) is 0 Å². The van der Waals surface area contributed by atoms with E-state index in [1.54, 1.807) is 24.9 Å². The first kappa shape index (κ1) is 25.1. The molecular weight excluding hydrogens is 502 g/mol. The summed E-state index contributed by atoms with van der Waals surface area (Å²) in [6, 6.07) is 6.35. The summed E-state index contributed by atoms with van der Waals surface area (Å²) in [5, 5.41) is 2.58. The van der Waals surface area contributed by atoms with Gasteiger partial charge in [0, 0.05) is 16.9 Å². The van der Waals surface area contributed by atoms with Gasteiger partial charge in [0.25, 0.3) is 0 Å². The Morgan fingerprint density at radius 1 is 1.30 bits per heavy atom. The highest BCUT2D eigenvalue weighted by Gasteiger charge is 2.41. The van der Waals surface area contributed by atoms with Crippen molar-refractivity contribution in [2.45, 2.75) is 39.0 Å².